The molecule has 0 heterocycles. The third-order valence-corrected chi connectivity index (χ3v) is 3.42. The lowest BCUT2D eigenvalue weighted by atomic mass is 10.2. The SMILES string of the molecule is CNS(=O)(=O)c1ccc(CO)cc1OC. The fourth-order valence-corrected chi connectivity index (χ4v) is 2.02. The van der Waals surface area contributed by atoms with Gasteiger partial charge in [-0.25, -0.2) is 13.1 Å². The smallest absolute Gasteiger partial charge is 0.243 e. The first-order chi connectivity index (χ1) is 7.05. The Morgan fingerprint density at radius 3 is 2.60 bits per heavy atom. The van der Waals surface area contributed by atoms with Crippen molar-refractivity contribution in [3.63, 3.8) is 0 Å². The second-order valence-electron chi connectivity index (χ2n) is 2.85. The molecule has 0 aliphatic heterocycles. The van der Waals surface area contributed by atoms with Crippen molar-refractivity contribution in [1.82, 2.24) is 4.72 Å². The molecule has 84 valence electrons. The Hall–Kier alpha value is -1.11. The number of sulfonamides is 1. The minimum Gasteiger partial charge on any atom is -0.495 e. The molecule has 1 aromatic rings. The summed E-state index contributed by atoms with van der Waals surface area (Å²) in [5, 5.41) is 8.89. The van der Waals surface area contributed by atoms with Crippen molar-refractivity contribution in [1.29, 1.82) is 0 Å². The van der Waals surface area contributed by atoms with Gasteiger partial charge in [0.1, 0.15) is 10.6 Å². The molecule has 0 aromatic heterocycles. The lowest BCUT2D eigenvalue weighted by molar-refractivity contribution is 0.280. The number of hydrogen-bond donors (Lipinski definition) is 2. The summed E-state index contributed by atoms with van der Waals surface area (Å²) in [6.45, 7) is -0.157. The average Bonchev–Trinajstić information content (AvgIpc) is 2.28. The highest BCUT2D eigenvalue weighted by Gasteiger charge is 2.17. The largest absolute Gasteiger partial charge is 0.495 e. The number of aliphatic hydroxyl groups is 1. The first-order valence-electron chi connectivity index (χ1n) is 4.26. The van der Waals surface area contributed by atoms with Gasteiger partial charge in [0.25, 0.3) is 0 Å². The summed E-state index contributed by atoms with van der Waals surface area (Å²) in [6, 6.07) is 4.42. The maximum atomic E-state index is 11.5. The van der Waals surface area contributed by atoms with Gasteiger partial charge in [-0.05, 0) is 24.7 Å². The van der Waals surface area contributed by atoms with E-state index in [9.17, 15) is 8.42 Å². The van der Waals surface area contributed by atoms with Crippen LogP contribution in [-0.2, 0) is 16.6 Å². The Balaban J connectivity index is 3.31. The zero-order chi connectivity index (χ0) is 11.5. The van der Waals surface area contributed by atoms with Crippen LogP contribution in [0, 0.1) is 0 Å². The molecular weight excluding hydrogens is 218 g/mol. The van der Waals surface area contributed by atoms with Crippen LogP contribution < -0.4 is 9.46 Å². The van der Waals surface area contributed by atoms with Gasteiger partial charge in [-0.3, -0.25) is 0 Å². The van der Waals surface area contributed by atoms with Crippen LogP contribution in [0.25, 0.3) is 0 Å². The van der Waals surface area contributed by atoms with E-state index in [1.807, 2.05) is 0 Å². The molecule has 2 N–H and O–H groups in total. The number of methoxy groups -OCH3 is 1. The van der Waals surface area contributed by atoms with E-state index in [2.05, 4.69) is 4.72 Å². The van der Waals surface area contributed by atoms with Gasteiger partial charge >= 0.3 is 0 Å². The van der Waals surface area contributed by atoms with Crippen LogP contribution in [0.1, 0.15) is 5.56 Å². The molecule has 0 spiro atoms. The molecule has 0 saturated carbocycles. The van der Waals surface area contributed by atoms with Gasteiger partial charge in [0.2, 0.25) is 10.0 Å². The third-order valence-electron chi connectivity index (χ3n) is 1.97. The molecule has 6 heteroatoms. The molecular formula is C9H13NO4S. The lowest BCUT2D eigenvalue weighted by Crippen LogP contribution is -2.19. The number of ether oxygens (including phenoxy) is 1. The van der Waals surface area contributed by atoms with E-state index in [0.717, 1.165) is 0 Å². The molecule has 15 heavy (non-hydrogen) atoms. The van der Waals surface area contributed by atoms with Gasteiger partial charge in [0.05, 0.1) is 13.7 Å². The number of rotatable bonds is 4. The molecule has 0 radical (unpaired) electrons. The molecule has 0 aliphatic carbocycles. The molecule has 1 rings (SSSR count). The van der Waals surface area contributed by atoms with Gasteiger partial charge in [-0.1, -0.05) is 6.07 Å². The van der Waals surface area contributed by atoms with Gasteiger partial charge < -0.3 is 9.84 Å². The van der Waals surface area contributed by atoms with E-state index in [0.29, 0.717) is 5.56 Å². The average molecular weight is 231 g/mol. The molecule has 0 saturated heterocycles. The monoisotopic (exact) mass is 231 g/mol. The zero-order valence-electron chi connectivity index (χ0n) is 8.52. The van der Waals surface area contributed by atoms with Gasteiger partial charge in [0, 0.05) is 0 Å². The topological polar surface area (TPSA) is 75.6 Å². The van der Waals surface area contributed by atoms with Crippen molar-refractivity contribution in [3.05, 3.63) is 23.8 Å². The fraction of sp³-hybridized carbons (Fsp3) is 0.333. The Morgan fingerprint density at radius 2 is 2.13 bits per heavy atom. The quantitative estimate of drug-likeness (QED) is 0.770. The summed E-state index contributed by atoms with van der Waals surface area (Å²) in [7, 11) is -0.814. The van der Waals surface area contributed by atoms with Gasteiger partial charge in [-0.15, -0.1) is 0 Å². The van der Waals surface area contributed by atoms with E-state index < -0.39 is 10.0 Å². The highest BCUT2D eigenvalue weighted by molar-refractivity contribution is 7.89. The molecule has 0 atom stereocenters. The second kappa shape index (κ2) is 4.61. The minimum absolute atomic E-state index is 0.0599. The van der Waals surface area contributed by atoms with Crippen molar-refractivity contribution in [2.45, 2.75) is 11.5 Å². The van der Waals surface area contributed by atoms with Crippen LogP contribution >= 0.6 is 0 Å². The standard InChI is InChI=1S/C9H13NO4S/c1-10-15(12,13)9-4-3-7(6-11)5-8(9)14-2/h3-5,10-11H,6H2,1-2H3. The van der Waals surface area contributed by atoms with Gasteiger partial charge in [0.15, 0.2) is 0 Å². The Labute approximate surface area is 88.7 Å². The minimum atomic E-state index is -3.52. The van der Waals surface area contributed by atoms with E-state index in [1.54, 1.807) is 0 Å². The predicted octanol–water partition coefficient (Wildman–Crippen LogP) is 0.0956. The van der Waals surface area contributed by atoms with Crippen LogP contribution in [0.15, 0.2) is 23.1 Å². The number of aliphatic hydroxyl groups excluding tert-OH is 1. The van der Waals surface area contributed by atoms with Crippen molar-refractivity contribution in [2.24, 2.45) is 0 Å². The maximum absolute atomic E-state index is 11.5. The van der Waals surface area contributed by atoms with E-state index in [-0.39, 0.29) is 17.3 Å². The number of benzene rings is 1. The van der Waals surface area contributed by atoms with Gasteiger partial charge in [-0.2, -0.15) is 0 Å². The summed E-state index contributed by atoms with van der Waals surface area (Å²) < 4.78 is 30.2. The summed E-state index contributed by atoms with van der Waals surface area (Å²) in [5.41, 5.74) is 0.599. The first-order valence-corrected chi connectivity index (χ1v) is 5.74. The first kappa shape index (κ1) is 12.0. The van der Waals surface area contributed by atoms with Crippen molar-refractivity contribution in [3.8, 4) is 5.75 Å². The summed E-state index contributed by atoms with van der Waals surface area (Å²) in [4.78, 5) is 0.0599. The van der Waals surface area contributed by atoms with Crippen LogP contribution in [0.5, 0.6) is 5.75 Å². The fourth-order valence-electron chi connectivity index (χ4n) is 1.14. The molecule has 5 nitrogen and oxygen atoms in total. The number of nitrogens with one attached hydrogen (secondary N) is 1. The van der Waals surface area contributed by atoms with E-state index in [4.69, 9.17) is 9.84 Å². The Bertz CT molecular complexity index is 441. The zero-order valence-corrected chi connectivity index (χ0v) is 9.34. The van der Waals surface area contributed by atoms with Crippen molar-refractivity contribution in [2.75, 3.05) is 14.2 Å². The van der Waals surface area contributed by atoms with Crippen LogP contribution in [0.2, 0.25) is 0 Å². The summed E-state index contributed by atoms with van der Waals surface area (Å²) >= 11 is 0. The van der Waals surface area contributed by atoms with E-state index in [1.165, 1.54) is 32.4 Å². The maximum Gasteiger partial charge on any atom is 0.243 e. The van der Waals surface area contributed by atoms with Crippen LogP contribution in [-0.4, -0.2) is 27.7 Å². The highest BCUT2D eigenvalue weighted by atomic mass is 32.2. The molecule has 1 aromatic carbocycles. The summed E-state index contributed by atoms with van der Waals surface area (Å²) in [6.07, 6.45) is 0. The normalized spacial score (nSPS) is 11.4. The number of hydrogen-bond acceptors (Lipinski definition) is 4. The molecule has 0 unspecified atom stereocenters. The lowest BCUT2D eigenvalue weighted by Gasteiger charge is -2.09. The molecule has 0 bridgehead atoms. The van der Waals surface area contributed by atoms with E-state index >= 15 is 0 Å². The van der Waals surface area contributed by atoms with Crippen molar-refractivity contribution < 1.29 is 18.3 Å². The Kier molecular flexibility index (Phi) is 3.67. The van der Waals surface area contributed by atoms with Crippen LogP contribution in [0.4, 0.5) is 0 Å². The predicted molar refractivity (Wildman–Crippen MR) is 55.2 cm³/mol. The molecule has 0 amide bonds. The van der Waals surface area contributed by atoms with Crippen molar-refractivity contribution >= 4 is 10.0 Å². The van der Waals surface area contributed by atoms with Crippen LogP contribution in [0.3, 0.4) is 0 Å². The Morgan fingerprint density at radius 1 is 1.47 bits per heavy atom. The second-order valence-corrected chi connectivity index (χ2v) is 4.71. The highest BCUT2D eigenvalue weighted by Crippen LogP contribution is 2.24. The molecule has 0 fully saturated rings. The summed E-state index contributed by atoms with van der Waals surface area (Å²) in [5.74, 6) is 0.218. The third kappa shape index (κ3) is 2.47. The molecule has 0 aliphatic rings.